The lowest BCUT2D eigenvalue weighted by Gasteiger charge is -2.46. The Kier molecular flexibility index (Phi) is 9.35. The van der Waals surface area contributed by atoms with E-state index in [0.29, 0.717) is 25.9 Å². The number of thioether (sulfide) groups is 1. The van der Waals surface area contributed by atoms with E-state index in [1.54, 1.807) is 40.8 Å². The van der Waals surface area contributed by atoms with Gasteiger partial charge in [-0.25, -0.2) is 0 Å². The van der Waals surface area contributed by atoms with E-state index in [1.807, 2.05) is 35.2 Å². The first-order valence-electron chi connectivity index (χ1n) is 15.5. The van der Waals surface area contributed by atoms with Crippen molar-refractivity contribution in [2.75, 3.05) is 26.7 Å². The molecule has 1 N–H and O–H groups in total. The Bertz CT molecular complexity index is 1240. The first-order valence-corrected chi connectivity index (χ1v) is 16.3. The molecule has 2 unspecified atom stereocenters. The summed E-state index contributed by atoms with van der Waals surface area (Å²) in [4.78, 5) is 49.2. The summed E-state index contributed by atoms with van der Waals surface area (Å²) in [6.45, 7) is 21.0. The van der Waals surface area contributed by atoms with Crippen molar-refractivity contribution in [2.45, 2.75) is 94.3 Å². The zero-order valence-corrected chi connectivity index (χ0v) is 28.0. The third kappa shape index (κ3) is 5.94. The van der Waals surface area contributed by atoms with E-state index < -0.39 is 39.0 Å². The Morgan fingerprint density at radius 1 is 1.09 bits per heavy atom. The summed E-state index contributed by atoms with van der Waals surface area (Å²) >= 11 is 1.67. The van der Waals surface area contributed by atoms with E-state index in [-0.39, 0.29) is 29.7 Å². The van der Waals surface area contributed by atoms with Crippen LogP contribution in [0.4, 0.5) is 0 Å². The zero-order valence-electron chi connectivity index (χ0n) is 27.1. The molecule has 0 aromatic heterocycles. The average molecular weight is 610 g/mol. The third-order valence-electron chi connectivity index (χ3n) is 9.68. The predicted molar refractivity (Wildman–Crippen MR) is 174 cm³/mol. The quantitative estimate of drug-likeness (QED) is 0.340. The molecule has 1 spiro atoms. The number of likely N-dealkylation sites (N-methyl/N-ethyl adjacent to an activating group) is 1. The predicted octanol–water partition coefficient (Wildman–Crippen LogP) is 4.95. The van der Waals surface area contributed by atoms with Crippen LogP contribution in [0, 0.1) is 17.3 Å². The first kappa shape index (κ1) is 33.3. The second-order valence-electron chi connectivity index (χ2n) is 14.8. The molecule has 3 aliphatic rings. The van der Waals surface area contributed by atoms with Gasteiger partial charge in [0.2, 0.25) is 17.7 Å². The Morgan fingerprint density at radius 3 is 2.28 bits per heavy atom. The van der Waals surface area contributed by atoms with Gasteiger partial charge in [-0.3, -0.25) is 14.4 Å². The molecule has 4 rings (SSSR count). The van der Waals surface area contributed by atoms with Gasteiger partial charge < -0.3 is 19.8 Å². The molecule has 3 aliphatic heterocycles. The number of carbonyl (C=O) groups excluding carboxylic acids is 3. The molecule has 2 bridgehead atoms. The number of nitrogens with zero attached hydrogens (tertiary/aromatic N) is 3. The van der Waals surface area contributed by atoms with Crippen molar-refractivity contribution in [3.8, 4) is 0 Å². The summed E-state index contributed by atoms with van der Waals surface area (Å²) in [5.41, 5.74) is 0.414. The number of benzene rings is 1. The van der Waals surface area contributed by atoms with Crippen LogP contribution in [0.5, 0.6) is 0 Å². The molecule has 0 aliphatic carbocycles. The van der Waals surface area contributed by atoms with Crippen LogP contribution in [0.2, 0.25) is 0 Å². The van der Waals surface area contributed by atoms with Gasteiger partial charge in [0, 0.05) is 30.4 Å². The van der Waals surface area contributed by atoms with Crippen LogP contribution < -0.4 is 0 Å². The summed E-state index contributed by atoms with van der Waals surface area (Å²) in [6.07, 6.45) is 6.02. The minimum Gasteiger partial charge on any atom is -0.394 e. The van der Waals surface area contributed by atoms with E-state index >= 15 is 4.79 Å². The molecule has 3 fully saturated rings. The topological polar surface area (TPSA) is 81.2 Å². The monoisotopic (exact) mass is 609 g/mol. The lowest BCUT2D eigenvalue weighted by Crippen LogP contribution is -2.61. The molecule has 236 valence electrons. The summed E-state index contributed by atoms with van der Waals surface area (Å²) < 4.78 is -1.23. The molecule has 0 saturated carbocycles. The minimum absolute atomic E-state index is 0.0442. The van der Waals surface area contributed by atoms with Crippen molar-refractivity contribution in [3.63, 3.8) is 0 Å². The number of rotatable bonds is 12. The Balaban J connectivity index is 1.86. The van der Waals surface area contributed by atoms with Crippen LogP contribution >= 0.6 is 11.8 Å². The van der Waals surface area contributed by atoms with Gasteiger partial charge in [-0.15, -0.1) is 24.9 Å². The van der Waals surface area contributed by atoms with Gasteiger partial charge >= 0.3 is 0 Å². The van der Waals surface area contributed by atoms with E-state index in [0.717, 1.165) is 18.4 Å². The van der Waals surface area contributed by atoms with Crippen molar-refractivity contribution in [2.24, 2.45) is 17.3 Å². The fourth-order valence-corrected chi connectivity index (χ4v) is 10.7. The largest absolute Gasteiger partial charge is 0.394 e. The van der Waals surface area contributed by atoms with Crippen molar-refractivity contribution >= 4 is 29.5 Å². The van der Waals surface area contributed by atoms with Crippen LogP contribution in [0.15, 0.2) is 55.6 Å². The lowest BCUT2D eigenvalue weighted by molar-refractivity contribution is -0.149. The normalized spacial score (nSPS) is 28.9. The number of hydrogen-bond acceptors (Lipinski definition) is 5. The van der Waals surface area contributed by atoms with Crippen molar-refractivity contribution in [3.05, 3.63) is 61.2 Å². The van der Waals surface area contributed by atoms with Gasteiger partial charge in [0.25, 0.3) is 0 Å². The number of aliphatic hydroxyl groups is 1. The molecule has 6 atom stereocenters. The van der Waals surface area contributed by atoms with E-state index in [4.69, 9.17) is 0 Å². The van der Waals surface area contributed by atoms with Gasteiger partial charge in [0.1, 0.15) is 6.04 Å². The molecule has 7 nitrogen and oxygen atoms in total. The van der Waals surface area contributed by atoms with Gasteiger partial charge in [-0.05, 0) is 57.4 Å². The molecular weight excluding hydrogens is 558 g/mol. The van der Waals surface area contributed by atoms with Crippen LogP contribution in [-0.2, 0) is 20.8 Å². The highest BCUT2D eigenvalue weighted by Gasteiger charge is 2.78. The fourth-order valence-electron chi connectivity index (χ4n) is 8.38. The van der Waals surface area contributed by atoms with Gasteiger partial charge in [-0.1, -0.05) is 63.3 Å². The van der Waals surface area contributed by atoms with E-state index in [2.05, 4.69) is 54.7 Å². The minimum atomic E-state index is -0.806. The van der Waals surface area contributed by atoms with Crippen molar-refractivity contribution in [1.82, 2.24) is 14.7 Å². The van der Waals surface area contributed by atoms with Crippen LogP contribution in [0.3, 0.4) is 0 Å². The van der Waals surface area contributed by atoms with Gasteiger partial charge in [0.05, 0.1) is 29.2 Å². The number of carbonyl (C=O) groups is 3. The first-order chi connectivity index (χ1) is 20.1. The summed E-state index contributed by atoms with van der Waals surface area (Å²) in [6, 6.07) is 8.36. The summed E-state index contributed by atoms with van der Waals surface area (Å²) in [5, 5.41) is 10.8. The Morgan fingerprint density at radius 2 is 1.72 bits per heavy atom. The molecule has 0 radical (unpaired) electrons. The highest BCUT2D eigenvalue weighted by atomic mass is 32.2. The average Bonchev–Trinajstić information content (AvgIpc) is 3.49. The van der Waals surface area contributed by atoms with Crippen LogP contribution in [-0.4, -0.2) is 91.4 Å². The Hall–Kier alpha value is -2.58. The zero-order chi connectivity index (χ0) is 32.0. The second-order valence-corrected chi connectivity index (χ2v) is 16.7. The van der Waals surface area contributed by atoms with Crippen LogP contribution in [0.1, 0.15) is 66.4 Å². The number of amides is 3. The number of likely N-dealkylation sites (tertiary alicyclic amines) is 1. The van der Waals surface area contributed by atoms with Crippen molar-refractivity contribution in [1.29, 1.82) is 0 Å². The molecule has 43 heavy (non-hydrogen) atoms. The molecule has 3 saturated heterocycles. The lowest BCUT2D eigenvalue weighted by atomic mass is 9.66. The molecule has 1 aromatic rings. The third-order valence-corrected chi connectivity index (χ3v) is 11.7. The molecule has 3 heterocycles. The SMILES string of the molecule is C=CCN(C)C(=O)[C@H]1[C@H]2C(=O)N([C@@H](CO)Cc3ccccc3)C(C(=O)N(CC=C)C(C)(C)CC(C)(C)C)C23CC[C@]1(C)S3. The van der Waals surface area contributed by atoms with Gasteiger partial charge in [-0.2, -0.15) is 0 Å². The number of hydrogen-bond donors (Lipinski definition) is 1. The second kappa shape index (κ2) is 12.1. The standard InChI is InChI=1S/C35H51N3O4S/c1-10-19-36(9)29(40)26-27-30(41)38(25(22-39)21-24-15-13-12-14-16-24)28(35(27)18-17-34(26,8)43-35)31(42)37(20-11-2)33(6,7)23-32(3,4)5/h10-16,25-28,39H,1-2,17-23H2,3-9H3/t25-,26-,27+,28?,34+,35?/m1/s1. The maximum Gasteiger partial charge on any atom is 0.247 e. The van der Waals surface area contributed by atoms with Gasteiger partial charge in [0.15, 0.2) is 0 Å². The van der Waals surface area contributed by atoms with Crippen molar-refractivity contribution < 1.29 is 19.5 Å². The summed E-state index contributed by atoms with van der Waals surface area (Å²) in [5.74, 6) is -1.60. The molecule has 8 heteroatoms. The number of aliphatic hydroxyl groups excluding tert-OH is 1. The molecule has 3 amide bonds. The maximum atomic E-state index is 15.1. The van der Waals surface area contributed by atoms with Crippen LogP contribution in [0.25, 0.3) is 0 Å². The maximum absolute atomic E-state index is 15.1. The fraction of sp³-hybridized carbons (Fsp3) is 0.629. The molecule has 1 aromatic carbocycles. The highest BCUT2D eigenvalue weighted by Crippen LogP contribution is 2.72. The highest BCUT2D eigenvalue weighted by molar-refractivity contribution is 8.02. The molecular formula is C35H51N3O4S. The smallest absolute Gasteiger partial charge is 0.247 e. The van der Waals surface area contributed by atoms with E-state index in [1.165, 1.54) is 0 Å². The Labute approximate surface area is 262 Å². The van der Waals surface area contributed by atoms with E-state index in [9.17, 15) is 14.7 Å². The number of fused-ring (bicyclic) bond motifs is 1. The summed E-state index contributed by atoms with van der Waals surface area (Å²) in [7, 11) is 1.75.